The van der Waals surface area contributed by atoms with Crippen LogP contribution in [0.5, 0.6) is 0 Å². The van der Waals surface area contributed by atoms with Gasteiger partial charge in [-0.2, -0.15) is 5.10 Å². The molecule has 2 fully saturated rings. The number of hydrogen-bond acceptors (Lipinski definition) is 3. The molecule has 120 valence electrons. The molecule has 4 rings (SSSR count). The highest BCUT2D eigenvalue weighted by atomic mass is 16.2. The van der Waals surface area contributed by atoms with Gasteiger partial charge in [-0.15, -0.1) is 0 Å². The molecular formula is C18H22N4O. The lowest BCUT2D eigenvalue weighted by Crippen LogP contribution is -2.48. The van der Waals surface area contributed by atoms with Gasteiger partial charge in [-0.05, 0) is 25.0 Å². The van der Waals surface area contributed by atoms with E-state index in [0.717, 1.165) is 51.3 Å². The van der Waals surface area contributed by atoms with Gasteiger partial charge in [-0.3, -0.25) is 9.69 Å². The Bertz CT molecular complexity index is 669. The van der Waals surface area contributed by atoms with Crippen LogP contribution in [0.4, 0.5) is 0 Å². The molecular weight excluding hydrogens is 288 g/mol. The molecule has 1 amide bonds. The van der Waals surface area contributed by atoms with Gasteiger partial charge in [0.1, 0.15) is 0 Å². The quantitative estimate of drug-likeness (QED) is 0.866. The first kappa shape index (κ1) is 14.5. The average Bonchev–Trinajstić information content (AvgIpc) is 3.35. The van der Waals surface area contributed by atoms with Crippen molar-refractivity contribution in [1.82, 2.24) is 19.6 Å². The molecule has 0 atom stereocenters. The predicted molar refractivity (Wildman–Crippen MR) is 88.1 cm³/mol. The standard InChI is InChI=1S/C18H22N4O/c23-18(16-6-7-16)21-10-8-20(9-11-21)13-15-12-19-22(14-15)17-4-2-1-3-5-17/h1-5,12,14,16H,6-11,13H2. The number of aromatic nitrogens is 2. The van der Waals surface area contributed by atoms with Crippen LogP contribution in [0.2, 0.25) is 0 Å². The smallest absolute Gasteiger partial charge is 0.225 e. The lowest BCUT2D eigenvalue weighted by atomic mass is 10.2. The molecule has 0 radical (unpaired) electrons. The summed E-state index contributed by atoms with van der Waals surface area (Å²) in [5.74, 6) is 0.715. The minimum atomic E-state index is 0.339. The molecule has 0 spiro atoms. The van der Waals surface area contributed by atoms with Crippen molar-refractivity contribution in [2.75, 3.05) is 26.2 Å². The van der Waals surface area contributed by atoms with Crippen LogP contribution in [0.3, 0.4) is 0 Å². The third kappa shape index (κ3) is 3.29. The van der Waals surface area contributed by atoms with E-state index in [1.54, 1.807) is 0 Å². The molecule has 5 heteroatoms. The third-order valence-corrected chi connectivity index (χ3v) is 4.67. The summed E-state index contributed by atoms with van der Waals surface area (Å²) < 4.78 is 1.92. The summed E-state index contributed by atoms with van der Waals surface area (Å²) in [6, 6.07) is 10.2. The van der Waals surface area contributed by atoms with Crippen LogP contribution in [0.15, 0.2) is 42.7 Å². The molecule has 1 aromatic carbocycles. The van der Waals surface area contributed by atoms with Crippen molar-refractivity contribution in [3.8, 4) is 5.69 Å². The van der Waals surface area contributed by atoms with Gasteiger partial charge in [0.05, 0.1) is 11.9 Å². The lowest BCUT2D eigenvalue weighted by molar-refractivity contribution is -0.134. The fourth-order valence-corrected chi connectivity index (χ4v) is 3.14. The Morgan fingerprint density at radius 3 is 2.52 bits per heavy atom. The summed E-state index contributed by atoms with van der Waals surface area (Å²) in [5, 5.41) is 4.45. The summed E-state index contributed by atoms with van der Waals surface area (Å²) >= 11 is 0. The number of carbonyl (C=O) groups is 1. The average molecular weight is 310 g/mol. The van der Waals surface area contributed by atoms with Crippen LogP contribution < -0.4 is 0 Å². The maximum Gasteiger partial charge on any atom is 0.225 e. The zero-order chi connectivity index (χ0) is 15.6. The van der Waals surface area contributed by atoms with Gasteiger partial charge < -0.3 is 4.90 Å². The van der Waals surface area contributed by atoms with Crippen molar-refractivity contribution in [1.29, 1.82) is 0 Å². The van der Waals surface area contributed by atoms with Crippen molar-refractivity contribution in [2.45, 2.75) is 19.4 Å². The molecule has 0 unspecified atom stereocenters. The van der Waals surface area contributed by atoms with E-state index in [1.165, 1.54) is 5.56 Å². The monoisotopic (exact) mass is 310 g/mol. The topological polar surface area (TPSA) is 41.4 Å². The van der Waals surface area contributed by atoms with Crippen LogP contribution >= 0.6 is 0 Å². The van der Waals surface area contributed by atoms with E-state index < -0.39 is 0 Å². The molecule has 1 aliphatic carbocycles. The number of para-hydroxylation sites is 1. The SMILES string of the molecule is O=C(C1CC1)N1CCN(Cc2cnn(-c3ccccc3)c2)CC1. The molecule has 0 N–H and O–H groups in total. The maximum atomic E-state index is 12.1. The van der Waals surface area contributed by atoms with Crippen molar-refractivity contribution in [3.63, 3.8) is 0 Å². The minimum Gasteiger partial charge on any atom is -0.340 e. The van der Waals surface area contributed by atoms with E-state index in [4.69, 9.17) is 0 Å². The van der Waals surface area contributed by atoms with E-state index >= 15 is 0 Å². The van der Waals surface area contributed by atoms with E-state index in [0.29, 0.717) is 11.8 Å². The number of piperazine rings is 1. The van der Waals surface area contributed by atoms with Gasteiger partial charge >= 0.3 is 0 Å². The van der Waals surface area contributed by atoms with E-state index in [-0.39, 0.29) is 0 Å². The van der Waals surface area contributed by atoms with Crippen LogP contribution in [0.1, 0.15) is 18.4 Å². The maximum absolute atomic E-state index is 12.1. The molecule has 2 aromatic rings. The van der Waals surface area contributed by atoms with Gasteiger partial charge in [0.2, 0.25) is 5.91 Å². The summed E-state index contributed by atoms with van der Waals surface area (Å²) in [7, 11) is 0. The lowest BCUT2D eigenvalue weighted by Gasteiger charge is -2.34. The first-order valence-corrected chi connectivity index (χ1v) is 8.40. The molecule has 1 aliphatic heterocycles. The van der Waals surface area contributed by atoms with Crippen LogP contribution in [-0.4, -0.2) is 51.7 Å². The predicted octanol–water partition coefficient (Wildman–Crippen LogP) is 1.93. The summed E-state index contributed by atoms with van der Waals surface area (Å²) in [5.41, 5.74) is 2.30. The number of benzene rings is 1. The fraction of sp³-hybridized carbons (Fsp3) is 0.444. The second-order valence-corrected chi connectivity index (χ2v) is 6.50. The van der Waals surface area contributed by atoms with E-state index in [1.807, 2.05) is 34.0 Å². The third-order valence-electron chi connectivity index (χ3n) is 4.67. The van der Waals surface area contributed by atoms with E-state index in [2.05, 4.69) is 28.3 Å². The van der Waals surface area contributed by atoms with Crippen molar-refractivity contribution >= 4 is 5.91 Å². The van der Waals surface area contributed by atoms with Gasteiger partial charge in [0.25, 0.3) is 0 Å². The molecule has 1 aromatic heterocycles. The van der Waals surface area contributed by atoms with Crippen LogP contribution in [-0.2, 0) is 11.3 Å². The van der Waals surface area contributed by atoms with Crippen LogP contribution in [0, 0.1) is 5.92 Å². The second kappa shape index (κ2) is 6.16. The van der Waals surface area contributed by atoms with Gasteiger partial charge in [0, 0.05) is 50.4 Å². The van der Waals surface area contributed by atoms with Gasteiger partial charge in [-0.1, -0.05) is 18.2 Å². The molecule has 2 aliphatic rings. The highest BCUT2D eigenvalue weighted by Gasteiger charge is 2.34. The van der Waals surface area contributed by atoms with Gasteiger partial charge in [-0.25, -0.2) is 4.68 Å². The molecule has 2 heterocycles. The Balaban J connectivity index is 1.33. The number of nitrogens with zero attached hydrogens (tertiary/aromatic N) is 4. The van der Waals surface area contributed by atoms with Gasteiger partial charge in [0.15, 0.2) is 0 Å². The van der Waals surface area contributed by atoms with Crippen molar-refractivity contribution in [2.24, 2.45) is 5.92 Å². The first-order valence-electron chi connectivity index (χ1n) is 8.40. The second-order valence-electron chi connectivity index (χ2n) is 6.50. The first-order chi connectivity index (χ1) is 11.3. The number of amides is 1. The summed E-state index contributed by atoms with van der Waals surface area (Å²) in [6.45, 7) is 4.53. The Hall–Kier alpha value is -2.14. The summed E-state index contributed by atoms with van der Waals surface area (Å²) in [4.78, 5) is 16.5. The molecule has 5 nitrogen and oxygen atoms in total. The normalized spacial score (nSPS) is 19.0. The number of carbonyl (C=O) groups excluding carboxylic acids is 1. The van der Waals surface area contributed by atoms with E-state index in [9.17, 15) is 4.79 Å². The van der Waals surface area contributed by atoms with Crippen molar-refractivity contribution in [3.05, 3.63) is 48.3 Å². The highest BCUT2D eigenvalue weighted by molar-refractivity contribution is 5.81. The highest BCUT2D eigenvalue weighted by Crippen LogP contribution is 2.31. The largest absolute Gasteiger partial charge is 0.340 e. The fourth-order valence-electron chi connectivity index (χ4n) is 3.14. The Morgan fingerprint density at radius 2 is 1.83 bits per heavy atom. The minimum absolute atomic E-state index is 0.339. The van der Waals surface area contributed by atoms with Crippen LogP contribution in [0.25, 0.3) is 5.69 Å². The Labute approximate surface area is 136 Å². The summed E-state index contributed by atoms with van der Waals surface area (Å²) in [6.07, 6.45) is 6.22. The molecule has 23 heavy (non-hydrogen) atoms. The molecule has 0 bridgehead atoms. The molecule has 1 saturated heterocycles. The van der Waals surface area contributed by atoms with Crippen molar-refractivity contribution < 1.29 is 4.79 Å². The Morgan fingerprint density at radius 1 is 1.09 bits per heavy atom. The zero-order valence-corrected chi connectivity index (χ0v) is 13.3. The number of rotatable bonds is 4. The molecule has 1 saturated carbocycles. The Kier molecular flexibility index (Phi) is 3.87. The zero-order valence-electron chi connectivity index (χ0n) is 13.3. The number of hydrogen-bond donors (Lipinski definition) is 0.